The maximum absolute atomic E-state index is 12.2. The number of hydrogen-bond donors (Lipinski definition) is 2. The topological polar surface area (TPSA) is 92.9 Å². The molecule has 2 N–H and O–H groups in total. The van der Waals surface area contributed by atoms with Gasteiger partial charge in [0.25, 0.3) is 0 Å². The molecule has 0 spiro atoms. The summed E-state index contributed by atoms with van der Waals surface area (Å²) in [7, 11) is 0. The van der Waals surface area contributed by atoms with Gasteiger partial charge in [0.15, 0.2) is 5.82 Å². The van der Waals surface area contributed by atoms with E-state index in [2.05, 4.69) is 15.3 Å². The summed E-state index contributed by atoms with van der Waals surface area (Å²) in [4.78, 5) is 21.2. The summed E-state index contributed by atoms with van der Waals surface area (Å²) in [5, 5.41) is 18.5. The minimum absolute atomic E-state index is 0.264. The second kappa shape index (κ2) is 8.09. The van der Waals surface area contributed by atoms with Gasteiger partial charge >= 0.3 is 5.97 Å². The normalized spacial score (nSPS) is 15.3. The zero-order valence-corrected chi connectivity index (χ0v) is 18.9. The Bertz CT molecular complexity index is 1390. The first kappa shape index (κ1) is 20.6. The van der Waals surface area contributed by atoms with Crippen LogP contribution in [0.15, 0.2) is 61.1 Å². The number of hydrogen-bond acceptors (Lipinski definition) is 5. The molecule has 3 heterocycles. The van der Waals surface area contributed by atoms with E-state index in [0.717, 1.165) is 53.6 Å². The van der Waals surface area contributed by atoms with Gasteiger partial charge in [-0.2, -0.15) is 9.78 Å². The van der Waals surface area contributed by atoms with Gasteiger partial charge in [-0.05, 0) is 73.9 Å². The molecule has 4 aromatic rings. The predicted molar refractivity (Wildman–Crippen MR) is 130 cm³/mol. The molecule has 0 radical (unpaired) electrons. The van der Waals surface area contributed by atoms with Crippen LogP contribution in [0.1, 0.15) is 64.7 Å². The molecule has 2 aliphatic rings. The highest BCUT2D eigenvalue weighted by molar-refractivity contribution is 5.96. The minimum atomic E-state index is -0.949. The number of carboxylic acids is 1. The van der Waals surface area contributed by atoms with Gasteiger partial charge in [0.1, 0.15) is 5.82 Å². The average molecular weight is 452 g/mol. The largest absolute Gasteiger partial charge is 0.478 e. The van der Waals surface area contributed by atoms with E-state index >= 15 is 0 Å². The monoisotopic (exact) mass is 451 g/mol. The molecular weight excluding hydrogens is 426 g/mol. The molecule has 0 amide bonds. The fraction of sp³-hybridized carbons (Fsp3) is 0.259. The van der Waals surface area contributed by atoms with Gasteiger partial charge in [-0.3, -0.25) is 4.98 Å². The molecule has 6 rings (SSSR count). The van der Waals surface area contributed by atoms with Gasteiger partial charge in [0.05, 0.1) is 16.9 Å². The van der Waals surface area contributed by atoms with Crippen LogP contribution in [0.4, 0.5) is 11.5 Å². The fourth-order valence-electron chi connectivity index (χ4n) is 4.49. The van der Waals surface area contributed by atoms with Gasteiger partial charge in [-0.15, -0.1) is 0 Å². The Morgan fingerprint density at radius 2 is 1.85 bits per heavy atom. The third-order valence-electron chi connectivity index (χ3n) is 6.59. The Kier molecular flexibility index (Phi) is 4.90. The van der Waals surface area contributed by atoms with Crippen LogP contribution in [-0.2, 0) is 0 Å². The van der Waals surface area contributed by atoms with E-state index in [-0.39, 0.29) is 5.56 Å². The molecule has 0 saturated heterocycles. The Hall–Kier alpha value is -4.00. The average Bonchev–Trinajstić information content (AvgIpc) is 3.78. The highest BCUT2D eigenvalue weighted by Gasteiger charge is 2.34. The molecule has 0 atom stereocenters. The molecule has 7 heteroatoms. The second-order valence-electron chi connectivity index (χ2n) is 9.19. The number of aryl methyl sites for hydroxylation is 1. The minimum Gasteiger partial charge on any atom is -0.478 e. The highest BCUT2D eigenvalue weighted by Crippen LogP contribution is 2.48. The van der Waals surface area contributed by atoms with E-state index in [1.165, 1.54) is 0 Å². The lowest BCUT2D eigenvalue weighted by molar-refractivity contribution is 0.0698. The van der Waals surface area contributed by atoms with Crippen molar-refractivity contribution in [2.45, 2.75) is 44.4 Å². The van der Waals surface area contributed by atoms with Crippen molar-refractivity contribution in [3.05, 3.63) is 83.4 Å². The number of rotatable bonds is 7. The second-order valence-corrected chi connectivity index (χ2v) is 9.19. The van der Waals surface area contributed by atoms with E-state index in [1.807, 2.05) is 54.2 Å². The quantitative estimate of drug-likeness (QED) is 0.367. The van der Waals surface area contributed by atoms with Crippen LogP contribution in [0.3, 0.4) is 0 Å². The van der Waals surface area contributed by atoms with Crippen LogP contribution >= 0.6 is 0 Å². The van der Waals surface area contributed by atoms with Crippen LogP contribution in [-0.4, -0.2) is 30.8 Å². The smallest absolute Gasteiger partial charge is 0.337 e. The third-order valence-corrected chi connectivity index (χ3v) is 6.59. The molecule has 1 aromatic carbocycles. The number of pyridine rings is 2. The van der Waals surface area contributed by atoms with E-state index in [0.29, 0.717) is 29.2 Å². The zero-order valence-electron chi connectivity index (χ0n) is 18.9. The predicted octanol–water partition coefficient (Wildman–Crippen LogP) is 5.83. The Morgan fingerprint density at radius 1 is 1.06 bits per heavy atom. The zero-order chi connectivity index (χ0) is 23.2. The van der Waals surface area contributed by atoms with Crippen molar-refractivity contribution in [3.8, 4) is 16.9 Å². The summed E-state index contributed by atoms with van der Waals surface area (Å²) in [6, 6.07) is 13.5. The van der Waals surface area contributed by atoms with Crippen molar-refractivity contribution in [1.29, 1.82) is 0 Å². The third kappa shape index (κ3) is 3.73. The van der Waals surface area contributed by atoms with Crippen LogP contribution in [0.5, 0.6) is 0 Å². The first-order valence-corrected chi connectivity index (χ1v) is 11.7. The summed E-state index contributed by atoms with van der Waals surface area (Å²) < 4.78 is 1.83. The molecule has 2 saturated carbocycles. The van der Waals surface area contributed by atoms with Crippen LogP contribution in [0.25, 0.3) is 16.9 Å². The van der Waals surface area contributed by atoms with Crippen molar-refractivity contribution in [1.82, 2.24) is 19.7 Å². The van der Waals surface area contributed by atoms with Crippen molar-refractivity contribution >= 4 is 17.5 Å². The molecular formula is C27H25N5O2. The number of aromatic carboxylic acids is 1. The molecule has 170 valence electrons. The molecule has 34 heavy (non-hydrogen) atoms. The van der Waals surface area contributed by atoms with Gasteiger partial charge in [0, 0.05) is 35.6 Å². The summed E-state index contributed by atoms with van der Waals surface area (Å²) in [6.07, 6.45) is 9.74. The maximum Gasteiger partial charge on any atom is 0.337 e. The van der Waals surface area contributed by atoms with Gasteiger partial charge in [-0.25, -0.2) is 9.78 Å². The Labute approximate surface area is 197 Å². The van der Waals surface area contributed by atoms with E-state index in [9.17, 15) is 9.90 Å². The molecule has 0 unspecified atom stereocenters. The number of benzene rings is 1. The lowest BCUT2D eigenvalue weighted by atomic mass is 10.0. The highest BCUT2D eigenvalue weighted by atomic mass is 16.4. The Morgan fingerprint density at radius 3 is 2.53 bits per heavy atom. The molecule has 0 bridgehead atoms. The number of carboxylic acid groups (broad SMARTS) is 1. The van der Waals surface area contributed by atoms with Gasteiger partial charge in [0.2, 0.25) is 0 Å². The molecule has 0 aliphatic heterocycles. The fourth-order valence-corrected chi connectivity index (χ4v) is 4.49. The number of nitrogens with one attached hydrogen (secondary N) is 1. The number of carbonyl (C=O) groups is 1. The summed E-state index contributed by atoms with van der Waals surface area (Å²) in [5.41, 5.74) is 5.76. The summed E-state index contributed by atoms with van der Waals surface area (Å²) in [6.45, 7) is 2.00. The molecule has 2 fully saturated rings. The van der Waals surface area contributed by atoms with E-state index in [4.69, 9.17) is 5.10 Å². The molecule has 7 nitrogen and oxygen atoms in total. The SMILES string of the molecule is Cc1cccnc1-n1nc(C2CC2)c(-c2cccnc2)c1Nc1ccc(C2CC2)cc1C(=O)O. The number of nitrogens with zero attached hydrogens (tertiary/aromatic N) is 4. The maximum atomic E-state index is 12.2. The molecule has 2 aliphatic carbocycles. The first-order valence-electron chi connectivity index (χ1n) is 11.7. The summed E-state index contributed by atoms with van der Waals surface area (Å²) in [5.74, 6) is 1.32. The Balaban J connectivity index is 1.56. The van der Waals surface area contributed by atoms with Crippen molar-refractivity contribution in [2.75, 3.05) is 5.32 Å². The van der Waals surface area contributed by atoms with Gasteiger partial charge < -0.3 is 10.4 Å². The van der Waals surface area contributed by atoms with E-state index in [1.54, 1.807) is 18.5 Å². The van der Waals surface area contributed by atoms with Crippen LogP contribution in [0, 0.1) is 6.92 Å². The van der Waals surface area contributed by atoms with Crippen LogP contribution < -0.4 is 5.32 Å². The lowest BCUT2D eigenvalue weighted by Crippen LogP contribution is -2.09. The number of anilines is 2. The van der Waals surface area contributed by atoms with Crippen molar-refractivity contribution < 1.29 is 9.90 Å². The summed E-state index contributed by atoms with van der Waals surface area (Å²) >= 11 is 0. The standard InChI is InChI=1S/C27H25N5O2/c1-16-4-2-13-29-25(16)32-26(23(20-5-3-12-28-15-20)24(31-32)18-8-9-18)30-22-11-10-19(17-6-7-17)14-21(22)27(33)34/h2-5,10-15,17-18,30H,6-9H2,1H3,(H,33,34). The van der Waals surface area contributed by atoms with Crippen LogP contribution in [0.2, 0.25) is 0 Å². The van der Waals surface area contributed by atoms with E-state index < -0.39 is 5.97 Å². The lowest BCUT2D eigenvalue weighted by Gasteiger charge is -2.15. The van der Waals surface area contributed by atoms with Crippen molar-refractivity contribution in [2.24, 2.45) is 0 Å². The number of aromatic nitrogens is 4. The van der Waals surface area contributed by atoms with Crippen molar-refractivity contribution in [3.63, 3.8) is 0 Å². The first-order chi connectivity index (χ1) is 16.6. The molecule has 3 aromatic heterocycles. The van der Waals surface area contributed by atoms with Gasteiger partial charge in [-0.1, -0.05) is 18.2 Å².